The zero-order chi connectivity index (χ0) is 31.2. The van der Waals surface area contributed by atoms with Crippen LogP contribution in [-0.4, -0.2) is 97.5 Å². The lowest BCUT2D eigenvalue weighted by Gasteiger charge is -2.41. The van der Waals surface area contributed by atoms with Crippen molar-refractivity contribution in [1.82, 2.24) is 0 Å². The maximum Gasteiger partial charge on any atom is 0.397 e. The molecule has 1 aliphatic heterocycles. The quantitative estimate of drug-likeness (QED) is 0.0619. The number of carbonyl (C=O) groups is 1. The Balaban J connectivity index is 2.35. The second-order valence-electron chi connectivity index (χ2n) is 11.1. The molecule has 1 aliphatic rings. The summed E-state index contributed by atoms with van der Waals surface area (Å²) in [5.74, 6) is -0.451. The van der Waals surface area contributed by atoms with Crippen molar-refractivity contribution in [1.29, 1.82) is 0 Å². The predicted molar refractivity (Wildman–Crippen MR) is 156 cm³/mol. The summed E-state index contributed by atoms with van der Waals surface area (Å²) < 4.78 is 57.7. The maximum atomic E-state index is 12.1. The Bertz CT molecular complexity index is 781. The fourth-order valence-corrected chi connectivity index (χ4v) is 5.33. The van der Waals surface area contributed by atoms with E-state index in [0.717, 1.165) is 19.3 Å². The number of unbranched alkanes of at least 4 members (excludes halogenated alkanes) is 13. The molecule has 0 bridgehead atoms. The van der Waals surface area contributed by atoms with Gasteiger partial charge in [-0.15, -0.1) is 0 Å². The second kappa shape index (κ2) is 23.5. The predicted octanol–water partition coefficient (Wildman–Crippen LogP) is 3.84. The molecule has 6 unspecified atom stereocenters. The number of aliphatic hydroxyl groups excluding tert-OH is 3. The Morgan fingerprint density at radius 1 is 0.810 bits per heavy atom. The van der Waals surface area contributed by atoms with Crippen molar-refractivity contribution < 1.29 is 56.2 Å². The number of hydrogen-bond acceptors (Lipinski definition) is 11. The molecule has 0 saturated carbocycles. The molecule has 1 rings (SSSR count). The number of ether oxygens (including phenoxy) is 4. The van der Waals surface area contributed by atoms with Crippen LogP contribution in [0.2, 0.25) is 0 Å². The monoisotopic (exact) mass is 628 g/mol. The summed E-state index contributed by atoms with van der Waals surface area (Å²) in [4.78, 5) is 12.1. The average molecular weight is 629 g/mol. The molecule has 6 atom stereocenters. The lowest BCUT2D eigenvalue weighted by molar-refractivity contribution is -0.301. The first-order valence-corrected chi connectivity index (χ1v) is 17.2. The Kier molecular flexibility index (Phi) is 21.9. The van der Waals surface area contributed by atoms with E-state index in [1.54, 1.807) is 0 Å². The molecule has 0 spiro atoms. The highest BCUT2D eigenvalue weighted by Crippen LogP contribution is 2.26. The first kappa shape index (κ1) is 39.1. The molecule has 42 heavy (non-hydrogen) atoms. The van der Waals surface area contributed by atoms with Gasteiger partial charge in [0.2, 0.25) is 0 Å². The number of esters is 1. The van der Waals surface area contributed by atoms with Crippen molar-refractivity contribution in [3.63, 3.8) is 0 Å². The van der Waals surface area contributed by atoms with Crippen molar-refractivity contribution >= 4 is 16.4 Å². The van der Waals surface area contributed by atoms with Crippen LogP contribution in [0.5, 0.6) is 0 Å². The van der Waals surface area contributed by atoms with Crippen LogP contribution in [0.4, 0.5) is 0 Å². The summed E-state index contributed by atoms with van der Waals surface area (Å²) in [5.41, 5.74) is 0. The van der Waals surface area contributed by atoms with Crippen LogP contribution in [-0.2, 0) is 38.3 Å². The van der Waals surface area contributed by atoms with Gasteiger partial charge in [-0.3, -0.25) is 9.35 Å². The van der Waals surface area contributed by atoms with E-state index in [1.807, 2.05) is 6.92 Å². The molecule has 0 aromatic carbocycles. The second-order valence-corrected chi connectivity index (χ2v) is 12.1. The van der Waals surface area contributed by atoms with Crippen LogP contribution in [0.15, 0.2) is 0 Å². The molecule has 1 fully saturated rings. The summed E-state index contributed by atoms with van der Waals surface area (Å²) >= 11 is 0. The van der Waals surface area contributed by atoms with E-state index in [0.29, 0.717) is 13.0 Å². The molecule has 12 nitrogen and oxygen atoms in total. The maximum absolute atomic E-state index is 12.1. The molecule has 0 amide bonds. The Morgan fingerprint density at radius 3 is 1.86 bits per heavy atom. The number of carbonyl (C=O) groups excluding carboxylic acids is 1. The molecule has 0 aromatic rings. The molecular weight excluding hydrogens is 572 g/mol. The molecule has 0 aliphatic carbocycles. The van der Waals surface area contributed by atoms with Gasteiger partial charge in [-0.05, 0) is 12.8 Å². The van der Waals surface area contributed by atoms with Crippen LogP contribution in [0.1, 0.15) is 117 Å². The third-order valence-electron chi connectivity index (χ3n) is 7.20. The summed E-state index contributed by atoms with van der Waals surface area (Å²) in [6.07, 6.45) is 9.11. The van der Waals surface area contributed by atoms with Crippen molar-refractivity contribution in [3.05, 3.63) is 0 Å². The molecule has 250 valence electrons. The summed E-state index contributed by atoms with van der Waals surface area (Å²) in [6, 6.07) is 0. The van der Waals surface area contributed by atoms with Gasteiger partial charge in [-0.25, -0.2) is 4.18 Å². The largest absolute Gasteiger partial charge is 0.457 e. The Morgan fingerprint density at radius 2 is 1.36 bits per heavy atom. The van der Waals surface area contributed by atoms with E-state index < -0.39 is 59.8 Å². The number of aliphatic hydroxyl groups is 3. The molecular formula is C29H56O12S. The lowest BCUT2D eigenvalue weighted by atomic mass is 9.99. The minimum absolute atomic E-state index is 0.0354. The molecule has 0 aromatic heterocycles. The van der Waals surface area contributed by atoms with Gasteiger partial charge in [-0.2, -0.15) is 8.42 Å². The average Bonchev–Trinajstić information content (AvgIpc) is 2.94. The van der Waals surface area contributed by atoms with Gasteiger partial charge < -0.3 is 34.3 Å². The molecule has 13 heteroatoms. The van der Waals surface area contributed by atoms with E-state index in [2.05, 4.69) is 11.1 Å². The highest BCUT2D eigenvalue weighted by Gasteiger charge is 2.48. The topological polar surface area (TPSA) is 178 Å². The smallest absolute Gasteiger partial charge is 0.397 e. The van der Waals surface area contributed by atoms with Gasteiger partial charge in [0.1, 0.15) is 30.5 Å². The van der Waals surface area contributed by atoms with Crippen molar-refractivity contribution in [2.75, 3.05) is 26.4 Å². The molecule has 1 heterocycles. The molecule has 4 N–H and O–H groups in total. The van der Waals surface area contributed by atoms with Crippen LogP contribution in [0.25, 0.3) is 0 Å². The standard InChI is InChI=1S/C29H56O12S/c1-3-5-6-7-8-9-10-11-12-13-14-15-16-17-19-37-21-23(39-25(31)18-4-2)22-38-29-27(33)28(41-42(34,35)36)26(32)24(20-30)40-29/h23-24,26-30,32-33H,3-22H2,1-2H3,(H,34,35,36). The lowest BCUT2D eigenvalue weighted by Crippen LogP contribution is -2.60. The highest BCUT2D eigenvalue weighted by molar-refractivity contribution is 7.80. The zero-order valence-corrected chi connectivity index (χ0v) is 26.4. The minimum Gasteiger partial charge on any atom is -0.457 e. The zero-order valence-electron chi connectivity index (χ0n) is 25.6. The van der Waals surface area contributed by atoms with Gasteiger partial charge >= 0.3 is 16.4 Å². The van der Waals surface area contributed by atoms with E-state index in [9.17, 15) is 28.5 Å². The highest BCUT2D eigenvalue weighted by atomic mass is 32.3. The van der Waals surface area contributed by atoms with Crippen LogP contribution >= 0.6 is 0 Å². The first-order valence-electron chi connectivity index (χ1n) is 15.8. The van der Waals surface area contributed by atoms with Crippen molar-refractivity contribution in [2.45, 2.75) is 153 Å². The van der Waals surface area contributed by atoms with E-state index in [1.165, 1.54) is 70.6 Å². The normalized spacial score (nSPS) is 23.6. The molecule has 0 radical (unpaired) electrons. The summed E-state index contributed by atoms with van der Waals surface area (Å²) in [5, 5.41) is 30.1. The van der Waals surface area contributed by atoms with E-state index in [4.69, 9.17) is 23.5 Å². The van der Waals surface area contributed by atoms with Gasteiger partial charge in [0.15, 0.2) is 6.29 Å². The fraction of sp³-hybridized carbons (Fsp3) is 0.966. The third kappa shape index (κ3) is 18.0. The van der Waals surface area contributed by atoms with Crippen molar-refractivity contribution in [2.24, 2.45) is 0 Å². The van der Waals surface area contributed by atoms with Gasteiger partial charge in [0, 0.05) is 13.0 Å². The number of hydrogen-bond donors (Lipinski definition) is 4. The fourth-order valence-electron chi connectivity index (χ4n) is 4.83. The third-order valence-corrected chi connectivity index (χ3v) is 7.66. The first-order chi connectivity index (χ1) is 20.1. The van der Waals surface area contributed by atoms with Crippen LogP contribution < -0.4 is 0 Å². The summed E-state index contributed by atoms with van der Waals surface area (Å²) in [6.45, 7) is 3.57. The van der Waals surface area contributed by atoms with Gasteiger partial charge in [0.25, 0.3) is 0 Å². The Hall–Kier alpha value is -0.900. The van der Waals surface area contributed by atoms with Crippen LogP contribution in [0.3, 0.4) is 0 Å². The minimum atomic E-state index is -5.03. The SMILES string of the molecule is CCCCCCCCCCCCCCCCOCC(COC1OC(CO)C(O)C(OS(=O)(=O)O)C1O)OC(=O)CCC. The van der Waals surface area contributed by atoms with E-state index in [-0.39, 0.29) is 19.6 Å². The summed E-state index contributed by atoms with van der Waals surface area (Å²) in [7, 11) is -5.03. The van der Waals surface area contributed by atoms with Gasteiger partial charge in [0.05, 0.1) is 19.8 Å². The molecule has 1 saturated heterocycles. The van der Waals surface area contributed by atoms with Crippen LogP contribution in [0, 0.1) is 0 Å². The van der Waals surface area contributed by atoms with E-state index >= 15 is 0 Å². The Labute approximate surface area is 252 Å². The number of rotatable bonds is 26. The van der Waals surface area contributed by atoms with Gasteiger partial charge in [-0.1, -0.05) is 97.3 Å². The van der Waals surface area contributed by atoms with Crippen molar-refractivity contribution in [3.8, 4) is 0 Å².